The summed E-state index contributed by atoms with van der Waals surface area (Å²) in [6, 6.07) is 7.96. The first-order chi connectivity index (χ1) is 7.17. The minimum atomic E-state index is -1.17. The van der Waals surface area contributed by atoms with E-state index in [1.807, 2.05) is 38.1 Å². The lowest BCUT2D eigenvalue weighted by Crippen LogP contribution is -2.35. The molecule has 0 spiro atoms. The molecule has 0 fully saturated rings. The van der Waals surface area contributed by atoms with Gasteiger partial charge in [-0.2, -0.15) is 0 Å². The van der Waals surface area contributed by atoms with Gasteiger partial charge in [0, 0.05) is 12.0 Å². The van der Waals surface area contributed by atoms with Gasteiger partial charge in [-0.3, -0.25) is 0 Å². The topological polar surface area (TPSA) is 26.0 Å². The van der Waals surface area contributed by atoms with Crippen molar-refractivity contribution in [3.05, 3.63) is 35.4 Å². The summed E-state index contributed by atoms with van der Waals surface area (Å²) in [4.78, 5) is 0. The Kier molecular flexibility index (Phi) is 3.74. The summed E-state index contributed by atoms with van der Waals surface area (Å²) in [5.41, 5.74) is 6.80. The van der Waals surface area contributed by atoms with Crippen LogP contribution in [0.5, 0.6) is 0 Å². The van der Waals surface area contributed by atoms with E-state index >= 15 is 0 Å². The normalized spacial score (nSPS) is 12.9. The van der Waals surface area contributed by atoms with Crippen molar-refractivity contribution >= 4 is 0 Å². The molecule has 90 valence electrons. The van der Waals surface area contributed by atoms with Gasteiger partial charge in [0.2, 0.25) is 0 Å². The summed E-state index contributed by atoms with van der Waals surface area (Å²) in [6.07, 6.45) is 1.22. The van der Waals surface area contributed by atoms with E-state index in [4.69, 9.17) is 5.73 Å². The number of nitrogens with two attached hydrogens (primary N) is 1. The van der Waals surface area contributed by atoms with Crippen LogP contribution < -0.4 is 5.73 Å². The number of hydrogen-bond donors (Lipinski definition) is 1. The third kappa shape index (κ3) is 4.75. The van der Waals surface area contributed by atoms with Crippen molar-refractivity contribution in [2.45, 2.75) is 51.7 Å². The first-order valence-corrected chi connectivity index (χ1v) is 5.72. The Morgan fingerprint density at radius 3 is 1.81 bits per heavy atom. The van der Waals surface area contributed by atoms with Crippen molar-refractivity contribution < 1.29 is 4.39 Å². The van der Waals surface area contributed by atoms with Gasteiger partial charge in [0.1, 0.15) is 5.67 Å². The first-order valence-electron chi connectivity index (χ1n) is 5.72. The first kappa shape index (κ1) is 13.2. The average molecular weight is 223 g/mol. The number of halogens is 1. The smallest absolute Gasteiger partial charge is 0.109 e. The average Bonchev–Trinajstić information content (AvgIpc) is 2.03. The van der Waals surface area contributed by atoms with Gasteiger partial charge < -0.3 is 5.73 Å². The molecule has 0 aliphatic carbocycles. The molecular weight excluding hydrogens is 201 g/mol. The molecule has 0 saturated carbocycles. The van der Waals surface area contributed by atoms with E-state index in [9.17, 15) is 4.39 Å². The van der Waals surface area contributed by atoms with Gasteiger partial charge in [-0.05, 0) is 45.2 Å². The zero-order chi connectivity index (χ0) is 12.4. The van der Waals surface area contributed by atoms with Crippen LogP contribution in [0.4, 0.5) is 4.39 Å². The Balaban J connectivity index is 2.92. The van der Waals surface area contributed by atoms with Crippen LogP contribution in [0.25, 0.3) is 0 Å². The summed E-state index contributed by atoms with van der Waals surface area (Å²) in [7, 11) is 0. The van der Waals surface area contributed by atoms with Gasteiger partial charge in [0.05, 0.1) is 0 Å². The van der Waals surface area contributed by atoms with Crippen molar-refractivity contribution in [1.82, 2.24) is 0 Å². The lowest BCUT2D eigenvalue weighted by atomic mass is 9.89. The maximum absolute atomic E-state index is 13.7. The molecule has 2 heteroatoms. The molecule has 0 aliphatic heterocycles. The fourth-order valence-corrected chi connectivity index (χ4v) is 1.85. The molecule has 0 heterocycles. The second-order valence-electron chi connectivity index (χ2n) is 5.83. The van der Waals surface area contributed by atoms with E-state index in [0.717, 1.165) is 17.5 Å². The highest BCUT2D eigenvalue weighted by molar-refractivity contribution is 5.29. The molecule has 0 atom stereocenters. The van der Waals surface area contributed by atoms with Gasteiger partial charge >= 0.3 is 0 Å². The molecule has 0 aromatic heterocycles. The molecule has 1 nitrogen and oxygen atoms in total. The highest BCUT2D eigenvalue weighted by atomic mass is 19.1. The van der Waals surface area contributed by atoms with E-state index in [0.29, 0.717) is 6.42 Å². The summed E-state index contributed by atoms with van der Waals surface area (Å²) in [5.74, 6) is 0. The Labute approximate surface area is 97.9 Å². The van der Waals surface area contributed by atoms with Crippen LogP contribution in [0, 0.1) is 0 Å². The predicted octanol–water partition coefficient (Wildman–Crippen LogP) is 3.26. The number of rotatable bonds is 4. The lowest BCUT2D eigenvalue weighted by molar-refractivity contribution is 0.216. The summed E-state index contributed by atoms with van der Waals surface area (Å²) >= 11 is 0. The molecule has 2 N–H and O–H groups in total. The zero-order valence-electron chi connectivity index (χ0n) is 10.7. The number of hydrogen-bond acceptors (Lipinski definition) is 1. The van der Waals surface area contributed by atoms with Crippen LogP contribution in [0.1, 0.15) is 38.8 Å². The fourth-order valence-electron chi connectivity index (χ4n) is 1.85. The molecule has 0 unspecified atom stereocenters. The van der Waals surface area contributed by atoms with Crippen molar-refractivity contribution in [2.75, 3.05) is 0 Å². The van der Waals surface area contributed by atoms with Gasteiger partial charge in [-0.25, -0.2) is 4.39 Å². The SMILES string of the molecule is CC(C)(N)Cc1ccccc1CC(C)(C)F. The van der Waals surface area contributed by atoms with E-state index < -0.39 is 5.67 Å². The van der Waals surface area contributed by atoms with E-state index in [2.05, 4.69) is 0 Å². The molecule has 1 aromatic rings. The zero-order valence-corrected chi connectivity index (χ0v) is 10.7. The van der Waals surface area contributed by atoms with Crippen LogP contribution in [0.15, 0.2) is 24.3 Å². The van der Waals surface area contributed by atoms with E-state index in [-0.39, 0.29) is 5.54 Å². The third-order valence-electron chi connectivity index (χ3n) is 2.38. The Hall–Kier alpha value is -0.890. The molecule has 0 amide bonds. The molecule has 1 rings (SSSR count). The fraction of sp³-hybridized carbons (Fsp3) is 0.571. The minimum absolute atomic E-state index is 0.253. The van der Waals surface area contributed by atoms with Crippen LogP contribution >= 0.6 is 0 Å². The molecule has 0 saturated heterocycles. The predicted molar refractivity (Wildman–Crippen MR) is 67.3 cm³/mol. The Bertz CT molecular complexity index is 309. The molecular formula is C14H22FN. The summed E-state index contributed by atoms with van der Waals surface area (Å²) in [6.45, 7) is 7.20. The van der Waals surface area contributed by atoms with Crippen LogP contribution in [-0.2, 0) is 12.8 Å². The lowest BCUT2D eigenvalue weighted by Gasteiger charge is -2.22. The van der Waals surface area contributed by atoms with Gasteiger partial charge in [0.25, 0.3) is 0 Å². The molecule has 1 aromatic carbocycles. The van der Waals surface area contributed by atoms with Crippen LogP contribution in [0.2, 0.25) is 0 Å². The molecule has 16 heavy (non-hydrogen) atoms. The van der Waals surface area contributed by atoms with E-state index in [1.165, 1.54) is 0 Å². The van der Waals surface area contributed by atoms with E-state index in [1.54, 1.807) is 13.8 Å². The van der Waals surface area contributed by atoms with Crippen molar-refractivity contribution in [3.63, 3.8) is 0 Å². The molecule has 0 radical (unpaired) electrons. The maximum Gasteiger partial charge on any atom is 0.109 e. The standard InChI is InChI=1S/C14H22FN/c1-13(2,15)9-11-7-5-6-8-12(11)10-14(3,4)16/h5-8H,9-10,16H2,1-4H3. The van der Waals surface area contributed by atoms with Gasteiger partial charge in [0.15, 0.2) is 0 Å². The summed E-state index contributed by atoms with van der Waals surface area (Å²) < 4.78 is 13.7. The van der Waals surface area contributed by atoms with Gasteiger partial charge in [-0.15, -0.1) is 0 Å². The second-order valence-corrected chi connectivity index (χ2v) is 5.83. The van der Waals surface area contributed by atoms with Crippen LogP contribution in [-0.4, -0.2) is 11.2 Å². The van der Waals surface area contributed by atoms with Crippen LogP contribution in [0.3, 0.4) is 0 Å². The monoisotopic (exact) mass is 223 g/mol. The molecule has 0 bridgehead atoms. The summed E-state index contributed by atoms with van der Waals surface area (Å²) in [5, 5.41) is 0. The van der Waals surface area contributed by atoms with Crippen molar-refractivity contribution in [1.29, 1.82) is 0 Å². The largest absolute Gasteiger partial charge is 0.325 e. The van der Waals surface area contributed by atoms with Crippen molar-refractivity contribution in [3.8, 4) is 0 Å². The highest BCUT2D eigenvalue weighted by Crippen LogP contribution is 2.22. The number of alkyl halides is 1. The van der Waals surface area contributed by atoms with Crippen molar-refractivity contribution in [2.24, 2.45) is 5.73 Å². The quantitative estimate of drug-likeness (QED) is 0.833. The molecule has 0 aliphatic rings. The second kappa shape index (κ2) is 4.54. The van der Waals surface area contributed by atoms with Gasteiger partial charge in [-0.1, -0.05) is 24.3 Å². The Morgan fingerprint density at radius 1 is 1.00 bits per heavy atom. The maximum atomic E-state index is 13.7. The minimum Gasteiger partial charge on any atom is -0.325 e. The number of benzene rings is 1. The highest BCUT2D eigenvalue weighted by Gasteiger charge is 2.20. The Morgan fingerprint density at radius 2 is 1.44 bits per heavy atom. The third-order valence-corrected chi connectivity index (χ3v) is 2.38.